The van der Waals surface area contributed by atoms with E-state index in [0.717, 1.165) is 31.6 Å². The molecule has 2 aromatic rings. The summed E-state index contributed by atoms with van der Waals surface area (Å²) in [6, 6.07) is 9.31. The van der Waals surface area contributed by atoms with E-state index in [9.17, 15) is 12.8 Å². The van der Waals surface area contributed by atoms with Gasteiger partial charge in [-0.3, -0.25) is 4.90 Å². The van der Waals surface area contributed by atoms with Crippen LogP contribution in [0.3, 0.4) is 0 Å². The average Bonchev–Trinajstić information content (AvgIpc) is 3.31. The molecule has 0 radical (unpaired) electrons. The van der Waals surface area contributed by atoms with Crippen LogP contribution >= 0.6 is 0 Å². The van der Waals surface area contributed by atoms with Crippen molar-refractivity contribution in [2.24, 2.45) is 11.8 Å². The van der Waals surface area contributed by atoms with Gasteiger partial charge < -0.3 is 4.42 Å². The molecule has 1 aromatic heterocycles. The van der Waals surface area contributed by atoms with Crippen molar-refractivity contribution in [2.75, 3.05) is 20.1 Å². The van der Waals surface area contributed by atoms with Gasteiger partial charge in [0.15, 0.2) is 0 Å². The van der Waals surface area contributed by atoms with Gasteiger partial charge in [-0.2, -0.15) is 4.31 Å². The predicted molar refractivity (Wildman–Crippen MR) is 100.0 cm³/mol. The average molecular weight is 392 g/mol. The SMILES string of the molecule is CN(Cc1ccco1)[C@@H]1CCC[C@@H]2CN(S(=O)(=O)c3ccc(F)cc3)C[C@@H]21. The van der Waals surface area contributed by atoms with Crippen molar-refractivity contribution >= 4 is 10.0 Å². The van der Waals surface area contributed by atoms with Crippen molar-refractivity contribution in [2.45, 2.75) is 36.7 Å². The third-order valence-electron chi connectivity index (χ3n) is 6.03. The van der Waals surface area contributed by atoms with Crippen LogP contribution in [0.25, 0.3) is 0 Å². The first-order valence-electron chi connectivity index (χ1n) is 9.43. The van der Waals surface area contributed by atoms with Crippen molar-refractivity contribution in [3.63, 3.8) is 0 Å². The number of hydrogen-bond acceptors (Lipinski definition) is 4. The van der Waals surface area contributed by atoms with Crippen molar-refractivity contribution in [3.8, 4) is 0 Å². The van der Waals surface area contributed by atoms with E-state index in [1.807, 2.05) is 12.1 Å². The first kappa shape index (κ1) is 18.7. The van der Waals surface area contributed by atoms with E-state index in [4.69, 9.17) is 4.42 Å². The van der Waals surface area contributed by atoms with E-state index in [1.54, 1.807) is 10.6 Å². The Morgan fingerprint density at radius 2 is 1.96 bits per heavy atom. The molecule has 27 heavy (non-hydrogen) atoms. The number of nitrogens with zero attached hydrogens (tertiary/aromatic N) is 2. The Morgan fingerprint density at radius 3 is 2.67 bits per heavy atom. The normalized spacial score (nSPS) is 26.4. The Kier molecular flexibility index (Phi) is 5.09. The zero-order valence-corrected chi connectivity index (χ0v) is 16.2. The first-order valence-corrected chi connectivity index (χ1v) is 10.9. The number of rotatable bonds is 5. The van der Waals surface area contributed by atoms with Crippen molar-refractivity contribution in [1.82, 2.24) is 9.21 Å². The molecule has 2 fully saturated rings. The molecule has 1 aromatic carbocycles. The molecule has 0 N–H and O–H groups in total. The standard InChI is InChI=1S/C20H25FN2O3S/c1-22(13-17-5-3-11-26-17)20-6-2-4-15-12-23(14-19(15)20)27(24,25)18-9-7-16(21)8-10-18/h3,5,7-11,15,19-20H,2,4,6,12-14H2,1H3/t15-,19+,20-/m1/s1. The van der Waals surface area contributed by atoms with Crippen LogP contribution in [0.4, 0.5) is 4.39 Å². The molecule has 0 spiro atoms. The lowest BCUT2D eigenvalue weighted by molar-refractivity contribution is 0.0999. The van der Waals surface area contributed by atoms with Crippen LogP contribution in [-0.4, -0.2) is 43.8 Å². The first-order chi connectivity index (χ1) is 12.9. The number of benzene rings is 1. The summed E-state index contributed by atoms with van der Waals surface area (Å²) in [7, 11) is -1.49. The Bertz CT molecular complexity index is 867. The van der Waals surface area contributed by atoms with E-state index < -0.39 is 15.8 Å². The van der Waals surface area contributed by atoms with Gasteiger partial charge in [-0.15, -0.1) is 0 Å². The van der Waals surface area contributed by atoms with Crippen molar-refractivity contribution < 1.29 is 17.2 Å². The van der Waals surface area contributed by atoms with Gasteiger partial charge in [-0.25, -0.2) is 12.8 Å². The van der Waals surface area contributed by atoms with Crippen molar-refractivity contribution in [3.05, 3.63) is 54.2 Å². The summed E-state index contributed by atoms with van der Waals surface area (Å²) in [6.07, 6.45) is 4.92. The fraction of sp³-hybridized carbons (Fsp3) is 0.500. The molecule has 4 rings (SSSR count). The van der Waals surface area contributed by atoms with Crippen LogP contribution in [0.5, 0.6) is 0 Å². The van der Waals surface area contributed by atoms with Crippen LogP contribution in [-0.2, 0) is 16.6 Å². The summed E-state index contributed by atoms with van der Waals surface area (Å²) in [6.45, 7) is 1.80. The number of furan rings is 1. The lowest BCUT2D eigenvalue weighted by Crippen LogP contribution is -2.43. The molecule has 1 saturated heterocycles. The van der Waals surface area contributed by atoms with Gasteiger partial charge in [0.25, 0.3) is 0 Å². The maximum absolute atomic E-state index is 13.2. The molecule has 1 saturated carbocycles. The topological polar surface area (TPSA) is 53.8 Å². The number of fused-ring (bicyclic) bond motifs is 1. The van der Waals surface area contributed by atoms with Crippen LogP contribution < -0.4 is 0 Å². The quantitative estimate of drug-likeness (QED) is 0.783. The molecule has 0 bridgehead atoms. The number of halogens is 1. The highest BCUT2D eigenvalue weighted by atomic mass is 32.2. The smallest absolute Gasteiger partial charge is 0.243 e. The van der Waals surface area contributed by atoms with Gasteiger partial charge in [0.05, 0.1) is 17.7 Å². The second kappa shape index (κ2) is 7.37. The monoisotopic (exact) mass is 392 g/mol. The molecule has 0 unspecified atom stereocenters. The fourth-order valence-corrected chi connectivity index (χ4v) is 6.20. The summed E-state index contributed by atoms with van der Waals surface area (Å²) in [5, 5.41) is 0. The van der Waals surface area contributed by atoms with E-state index in [-0.39, 0.29) is 4.90 Å². The molecule has 2 aliphatic rings. The number of sulfonamides is 1. The molecule has 5 nitrogen and oxygen atoms in total. The van der Waals surface area contributed by atoms with Gasteiger partial charge in [-0.05, 0) is 68.1 Å². The van der Waals surface area contributed by atoms with E-state index >= 15 is 0 Å². The Hall–Kier alpha value is -1.70. The molecule has 0 amide bonds. The molecule has 7 heteroatoms. The van der Waals surface area contributed by atoms with Crippen LogP contribution in [0.15, 0.2) is 52.0 Å². The van der Waals surface area contributed by atoms with Gasteiger partial charge in [-0.1, -0.05) is 6.42 Å². The zero-order chi connectivity index (χ0) is 19.0. The summed E-state index contributed by atoms with van der Waals surface area (Å²) >= 11 is 0. The van der Waals surface area contributed by atoms with E-state index in [1.165, 1.54) is 24.3 Å². The third kappa shape index (κ3) is 3.68. The Labute approximate surface area is 159 Å². The lowest BCUT2D eigenvalue weighted by Gasteiger charge is -2.38. The highest BCUT2D eigenvalue weighted by Gasteiger charge is 2.45. The largest absolute Gasteiger partial charge is 0.468 e. The highest BCUT2D eigenvalue weighted by Crippen LogP contribution is 2.40. The molecule has 146 valence electrons. The van der Waals surface area contributed by atoms with E-state index in [0.29, 0.717) is 31.0 Å². The van der Waals surface area contributed by atoms with Crippen LogP contribution in [0.1, 0.15) is 25.0 Å². The molecular formula is C20H25FN2O3S. The van der Waals surface area contributed by atoms with Gasteiger partial charge in [0.1, 0.15) is 11.6 Å². The fourth-order valence-electron chi connectivity index (χ4n) is 4.66. The van der Waals surface area contributed by atoms with Gasteiger partial charge in [0.2, 0.25) is 10.0 Å². The second-order valence-electron chi connectivity index (χ2n) is 7.69. The maximum Gasteiger partial charge on any atom is 0.243 e. The lowest BCUT2D eigenvalue weighted by atomic mass is 9.77. The summed E-state index contributed by atoms with van der Waals surface area (Å²) in [4.78, 5) is 2.46. The molecule has 1 aliphatic heterocycles. The summed E-state index contributed by atoms with van der Waals surface area (Å²) < 4.78 is 46.2. The van der Waals surface area contributed by atoms with Gasteiger partial charge >= 0.3 is 0 Å². The zero-order valence-electron chi connectivity index (χ0n) is 15.4. The third-order valence-corrected chi connectivity index (χ3v) is 7.88. The highest BCUT2D eigenvalue weighted by molar-refractivity contribution is 7.89. The van der Waals surface area contributed by atoms with E-state index in [2.05, 4.69) is 11.9 Å². The minimum absolute atomic E-state index is 0.169. The maximum atomic E-state index is 13.2. The molecule has 1 aliphatic carbocycles. The van der Waals surface area contributed by atoms with Gasteiger partial charge in [0, 0.05) is 19.1 Å². The minimum atomic E-state index is -3.58. The summed E-state index contributed by atoms with van der Waals surface area (Å²) in [5.41, 5.74) is 0. The minimum Gasteiger partial charge on any atom is -0.468 e. The van der Waals surface area contributed by atoms with Crippen LogP contribution in [0, 0.1) is 17.7 Å². The number of hydrogen-bond donors (Lipinski definition) is 0. The van der Waals surface area contributed by atoms with Crippen LogP contribution in [0.2, 0.25) is 0 Å². The molecular weight excluding hydrogens is 367 g/mol. The summed E-state index contributed by atoms with van der Waals surface area (Å²) in [5.74, 6) is 1.18. The predicted octanol–water partition coefficient (Wildman–Crippen LogP) is 3.34. The Balaban J connectivity index is 1.51. The van der Waals surface area contributed by atoms with Crippen molar-refractivity contribution in [1.29, 1.82) is 0 Å². The molecule has 3 atom stereocenters. The molecule has 2 heterocycles. The Morgan fingerprint density at radius 1 is 1.19 bits per heavy atom. The second-order valence-corrected chi connectivity index (χ2v) is 9.63.